The molecule has 166 valence electrons. The fourth-order valence-electron chi connectivity index (χ4n) is 3.28. The van der Waals surface area contributed by atoms with Gasteiger partial charge in [-0.25, -0.2) is 8.78 Å². The first-order valence-corrected chi connectivity index (χ1v) is 10.5. The second kappa shape index (κ2) is 9.22. The maximum atomic E-state index is 14.7. The monoisotopic (exact) mass is 466 g/mol. The Hall–Kier alpha value is -4.04. The summed E-state index contributed by atoms with van der Waals surface area (Å²) in [7, 11) is 0. The normalized spacial score (nSPS) is 11.1. The molecule has 0 atom stereocenters. The molecule has 4 aromatic rings. The van der Waals surface area contributed by atoms with Gasteiger partial charge in [-0.1, -0.05) is 6.07 Å². The van der Waals surface area contributed by atoms with E-state index in [2.05, 4.69) is 4.74 Å². The lowest BCUT2D eigenvalue weighted by Gasteiger charge is -2.10. The van der Waals surface area contributed by atoms with Crippen LogP contribution < -0.4 is 4.74 Å². The van der Waals surface area contributed by atoms with Crippen molar-refractivity contribution in [1.29, 1.82) is 0 Å². The standard InChI is InChI=1S/C25H16F2O5S/c1-14-10-16(26)3-5-18(14)23(30)25-24(19-6-4-17(29)12-22(19)33-25)32-21-7-2-15(11-20(21)27)8-9-31-13-28/h2-13,29H,1H3/b9-8+. The van der Waals surface area contributed by atoms with E-state index < -0.39 is 17.4 Å². The van der Waals surface area contributed by atoms with Crippen LogP contribution in [0.2, 0.25) is 0 Å². The Labute approximate surface area is 191 Å². The summed E-state index contributed by atoms with van der Waals surface area (Å²) in [5.74, 6) is -1.55. The minimum atomic E-state index is -0.697. The number of aryl methyl sites for hydroxylation is 1. The van der Waals surface area contributed by atoms with Crippen molar-refractivity contribution < 1.29 is 33.0 Å². The fourth-order valence-corrected chi connectivity index (χ4v) is 4.40. The molecule has 0 radical (unpaired) electrons. The minimum Gasteiger partial charge on any atom is -0.508 e. The molecule has 0 fully saturated rings. The van der Waals surface area contributed by atoms with Crippen LogP contribution in [0.5, 0.6) is 17.2 Å². The van der Waals surface area contributed by atoms with Gasteiger partial charge in [-0.3, -0.25) is 9.59 Å². The average molecular weight is 466 g/mol. The van der Waals surface area contributed by atoms with Crippen LogP contribution in [-0.2, 0) is 9.53 Å². The van der Waals surface area contributed by atoms with E-state index in [1.807, 2.05) is 0 Å². The predicted octanol–water partition coefficient (Wildman–Crippen LogP) is 6.36. The number of benzene rings is 3. The van der Waals surface area contributed by atoms with Crippen LogP contribution in [-0.4, -0.2) is 17.4 Å². The predicted molar refractivity (Wildman–Crippen MR) is 121 cm³/mol. The van der Waals surface area contributed by atoms with Gasteiger partial charge in [0.25, 0.3) is 6.47 Å². The number of ether oxygens (including phenoxy) is 2. The number of hydrogen-bond donors (Lipinski definition) is 1. The molecule has 0 saturated carbocycles. The van der Waals surface area contributed by atoms with E-state index in [0.717, 1.165) is 17.6 Å². The second-order valence-corrected chi connectivity index (χ2v) is 8.11. The SMILES string of the molecule is Cc1cc(F)ccc1C(=O)c1sc2cc(O)ccc2c1Oc1ccc(/C=C/OC=O)cc1F. The maximum Gasteiger partial charge on any atom is 0.297 e. The summed E-state index contributed by atoms with van der Waals surface area (Å²) in [6, 6.07) is 12.5. The highest BCUT2D eigenvalue weighted by atomic mass is 32.1. The zero-order valence-electron chi connectivity index (χ0n) is 17.2. The third-order valence-corrected chi connectivity index (χ3v) is 5.96. The molecule has 5 nitrogen and oxygen atoms in total. The summed E-state index contributed by atoms with van der Waals surface area (Å²) in [6.45, 7) is 1.86. The Morgan fingerprint density at radius 1 is 1.06 bits per heavy atom. The molecule has 8 heteroatoms. The summed E-state index contributed by atoms with van der Waals surface area (Å²) >= 11 is 1.08. The summed E-state index contributed by atoms with van der Waals surface area (Å²) in [5.41, 5.74) is 1.17. The minimum absolute atomic E-state index is 0.00660. The Balaban J connectivity index is 1.78. The lowest BCUT2D eigenvalue weighted by molar-refractivity contribution is -0.123. The fraction of sp³-hybridized carbons (Fsp3) is 0.0400. The maximum absolute atomic E-state index is 14.7. The van der Waals surface area contributed by atoms with Gasteiger partial charge in [-0.2, -0.15) is 0 Å². The van der Waals surface area contributed by atoms with Gasteiger partial charge in [0.1, 0.15) is 16.4 Å². The molecule has 0 bridgehead atoms. The lowest BCUT2D eigenvalue weighted by atomic mass is 10.0. The summed E-state index contributed by atoms with van der Waals surface area (Å²) in [5, 5.41) is 10.4. The second-order valence-electron chi connectivity index (χ2n) is 7.06. The summed E-state index contributed by atoms with van der Waals surface area (Å²) in [6.07, 6.45) is 2.51. The number of carbonyl (C=O) groups excluding carboxylic acids is 2. The van der Waals surface area contributed by atoms with Crippen molar-refractivity contribution >= 4 is 39.8 Å². The van der Waals surface area contributed by atoms with E-state index in [9.17, 15) is 23.5 Å². The van der Waals surface area contributed by atoms with Crippen molar-refractivity contribution in [3.05, 3.63) is 94.1 Å². The Morgan fingerprint density at radius 2 is 1.88 bits per heavy atom. The number of hydrogen-bond acceptors (Lipinski definition) is 6. The molecular weight excluding hydrogens is 450 g/mol. The number of ketones is 1. The number of fused-ring (bicyclic) bond motifs is 1. The Bertz CT molecular complexity index is 1410. The van der Waals surface area contributed by atoms with Gasteiger partial charge in [0.15, 0.2) is 17.3 Å². The first kappa shape index (κ1) is 22.2. The first-order chi connectivity index (χ1) is 15.9. The van der Waals surface area contributed by atoms with Crippen LogP contribution in [0.25, 0.3) is 16.2 Å². The molecule has 3 aromatic carbocycles. The molecule has 1 aromatic heterocycles. The van der Waals surface area contributed by atoms with Gasteiger partial charge in [0.2, 0.25) is 5.78 Å². The molecule has 33 heavy (non-hydrogen) atoms. The number of aromatic hydroxyl groups is 1. The van der Waals surface area contributed by atoms with E-state index >= 15 is 0 Å². The van der Waals surface area contributed by atoms with Crippen LogP contribution >= 0.6 is 11.3 Å². The third kappa shape index (κ3) is 4.61. The highest BCUT2D eigenvalue weighted by molar-refractivity contribution is 7.21. The number of thiophene rings is 1. The molecule has 0 spiro atoms. The van der Waals surface area contributed by atoms with Crippen molar-refractivity contribution in [2.45, 2.75) is 6.92 Å². The molecule has 0 aliphatic rings. The van der Waals surface area contributed by atoms with Crippen LogP contribution in [0.1, 0.15) is 26.4 Å². The van der Waals surface area contributed by atoms with E-state index in [0.29, 0.717) is 21.2 Å². The first-order valence-electron chi connectivity index (χ1n) is 9.67. The largest absolute Gasteiger partial charge is 0.508 e. The van der Waals surface area contributed by atoms with Crippen LogP contribution in [0, 0.1) is 18.6 Å². The smallest absolute Gasteiger partial charge is 0.297 e. The van der Waals surface area contributed by atoms with Crippen molar-refractivity contribution in [2.75, 3.05) is 0 Å². The van der Waals surface area contributed by atoms with Gasteiger partial charge in [-0.15, -0.1) is 11.3 Å². The number of phenols is 1. The van der Waals surface area contributed by atoms with Crippen molar-refractivity contribution in [2.24, 2.45) is 0 Å². The van der Waals surface area contributed by atoms with Crippen LogP contribution in [0.15, 0.2) is 60.9 Å². The molecular formula is C25H16F2O5S. The highest BCUT2D eigenvalue weighted by Gasteiger charge is 2.24. The third-order valence-electron chi connectivity index (χ3n) is 4.83. The van der Waals surface area contributed by atoms with E-state index in [1.54, 1.807) is 19.1 Å². The zero-order chi connectivity index (χ0) is 23.5. The molecule has 1 heterocycles. The van der Waals surface area contributed by atoms with Crippen LogP contribution in [0.4, 0.5) is 8.78 Å². The molecule has 0 aliphatic heterocycles. The van der Waals surface area contributed by atoms with Gasteiger partial charge >= 0.3 is 0 Å². The molecule has 0 saturated heterocycles. The lowest BCUT2D eigenvalue weighted by Crippen LogP contribution is -2.04. The average Bonchev–Trinajstić information content (AvgIpc) is 3.12. The van der Waals surface area contributed by atoms with E-state index in [4.69, 9.17) is 4.74 Å². The van der Waals surface area contributed by atoms with Crippen molar-refractivity contribution in [3.8, 4) is 17.2 Å². The summed E-state index contributed by atoms with van der Waals surface area (Å²) < 4.78 is 39.2. The topological polar surface area (TPSA) is 72.8 Å². The quantitative estimate of drug-likeness (QED) is 0.195. The van der Waals surface area contributed by atoms with E-state index in [1.165, 1.54) is 48.5 Å². The van der Waals surface area contributed by atoms with Gasteiger partial charge in [0, 0.05) is 15.6 Å². The zero-order valence-corrected chi connectivity index (χ0v) is 18.0. The number of carbonyl (C=O) groups is 2. The number of phenolic OH excluding ortho intramolecular Hbond substituents is 1. The number of rotatable bonds is 7. The molecule has 0 unspecified atom stereocenters. The molecule has 0 amide bonds. The van der Waals surface area contributed by atoms with Gasteiger partial charge < -0.3 is 14.6 Å². The van der Waals surface area contributed by atoms with Crippen molar-refractivity contribution in [3.63, 3.8) is 0 Å². The summed E-state index contributed by atoms with van der Waals surface area (Å²) in [4.78, 5) is 23.7. The van der Waals surface area contributed by atoms with E-state index in [-0.39, 0.29) is 34.2 Å². The molecule has 1 N–H and O–H groups in total. The molecule has 0 aliphatic carbocycles. The molecule has 4 rings (SSSR count). The Morgan fingerprint density at radius 3 is 2.61 bits per heavy atom. The highest BCUT2D eigenvalue weighted by Crippen LogP contribution is 2.43. The number of halogens is 2. The van der Waals surface area contributed by atoms with Gasteiger partial charge in [0.05, 0.1) is 6.26 Å². The van der Waals surface area contributed by atoms with Crippen molar-refractivity contribution in [1.82, 2.24) is 0 Å². The van der Waals surface area contributed by atoms with Crippen LogP contribution in [0.3, 0.4) is 0 Å². The Kier molecular flexibility index (Phi) is 6.19. The van der Waals surface area contributed by atoms with Gasteiger partial charge in [-0.05, 0) is 72.7 Å².